The number of aromatic nitrogens is 1. The van der Waals surface area contributed by atoms with Crippen LogP contribution in [-0.4, -0.2) is 57.2 Å². The minimum absolute atomic E-state index is 0.0975. The fourth-order valence-corrected chi connectivity index (χ4v) is 1.59. The molecule has 21 heavy (non-hydrogen) atoms. The van der Waals surface area contributed by atoms with Crippen LogP contribution < -0.4 is 16.0 Å². The number of nitrogens with zero attached hydrogens (tertiary/aromatic N) is 2. The third kappa shape index (κ3) is 7.88. The number of amides is 1. The van der Waals surface area contributed by atoms with Gasteiger partial charge in [-0.1, -0.05) is 6.07 Å². The van der Waals surface area contributed by atoms with Crippen molar-refractivity contribution in [3.05, 3.63) is 30.1 Å². The van der Waals surface area contributed by atoms with Crippen molar-refractivity contribution in [2.24, 2.45) is 4.99 Å². The maximum atomic E-state index is 11.5. The van der Waals surface area contributed by atoms with Crippen molar-refractivity contribution in [1.82, 2.24) is 20.9 Å². The largest absolute Gasteiger partial charge is 0.383 e. The van der Waals surface area contributed by atoms with Crippen LogP contribution in [0.3, 0.4) is 0 Å². The van der Waals surface area contributed by atoms with Crippen LogP contribution in [0.1, 0.15) is 5.69 Å². The van der Waals surface area contributed by atoms with Crippen molar-refractivity contribution < 1.29 is 9.53 Å². The zero-order valence-corrected chi connectivity index (χ0v) is 12.6. The van der Waals surface area contributed by atoms with Crippen LogP contribution in [0.4, 0.5) is 0 Å². The molecule has 0 spiro atoms. The number of hydrogen-bond donors (Lipinski definition) is 3. The molecule has 0 aliphatic carbocycles. The second kappa shape index (κ2) is 10.6. The van der Waals surface area contributed by atoms with Gasteiger partial charge >= 0.3 is 0 Å². The first kappa shape index (κ1) is 16.9. The normalized spacial score (nSPS) is 11.0. The Morgan fingerprint density at radius 3 is 2.81 bits per heavy atom. The molecule has 1 aromatic heterocycles. The summed E-state index contributed by atoms with van der Waals surface area (Å²) in [5.41, 5.74) is 1.01. The number of pyridine rings is 1. The molecule has 0 aromatic carbocycles. The SMILES string of the molecule is CN=C(NCCc1ccccn1)NCC(=O)NCCOC. The van der Waals surface area contributed by atoms with Crippen LogP contribution in [0, 0.1) is 0 Å². The Hall–Kier alpha value is -2.15. The second-order valence-electron chi connectivity index (χ2n) is 4.27. The molecule has 0 fully saturated rings. The number of aliphatic imine (C=N–C) groups is 1. The molecular weight excluding hydrogens is 270 g/mol. The molecule has 1 amide bonds. The number of hydrogen-bond acceptors (Lipinski definition) is 4. The quantitative estimate of drug-likeness (QED) is 0.343. The van der Waals surface area contributed by atoms with Gasteiger partial charge in [0.15, 0.2) is 5.96 Å². The monoisotopic (exact) mass is 293 g/mol. The Morgan fingerprint density at radius 2 is 2.14 bits per heavy atom. The van der Waals surface area contributed by atoms with E-state index in [0.29, 0.717) is 25.7 Å². The van der Waals surface area contributed by atoms with E-state index in [1.807, 2.05) is 18.2 Å². The minimum Gasteiger partial charge on any atom is -0.383 e. The van der Waals surface area contributed by atoms with Crippen molar-refractivity contribution in [3.8, 4) is 0 Å². The number of ether oxygens (including phenoxy) is 1. The van der Waals surface area contributed by atoms with E-state index in [1.54, 1.807) is 20.4 Å². The van der Waals surface area contributed by atoms with Gasteiger partial charge in [0.05, 0.1) is 13.2 Å². The third-order valence-electron chi connectivity index (χ3n) is 2.67. The van der Waals surface area contributed by atoms with Crippen LogP contribution in [-0.2, 0) is 16.0 Å². The van der Waals surface area contributed by atoms with Gasteiger partial charge in [-0.2, -0.15) is 0 Å². The Kier molecular flexibility index (Phi) is 8.54. The number of nitrogens with one attached hydrogen (secondary N) is 3. The standard InChI is InChI=1S/C14H23N5O2/c1-15-14(19-11-13(20)17-9-10-21-2)18-8-6-12-5-3-4-7-16-12/h3-5,7H,6,8-11H2,1-2H3,(H,17,20)(H2,15,18,19). The van der Waals surface area contributed by atoms with Crippen LogP contribution in [0.5, 0.6) is 0 Å². The van der Waals surface area contributed by atoms with Crippen LogP contribution in [0.15, 0.2) is 29.4 Å². The summed E-state index contributed by atoms with van der Waals surface area (Å²) in [4.78, 5) is 19.8. The molecule has 0 radical (unpaired) electrons. The second-order valence-corrected chi connectivity index (χ2v) is 4.27. The molecule has 0 aliphatic rings. The molecule has 0 saturated heterocycles. The third-order valence-corrected chi connectivity index (χ3v) is 2.67. The van der Waals surface area contributed by atoms with Gasteiger partial charge in [0.1, 0.15) is 0 Å². The zero-order chi connectivity index (χ0) is 15.3. The molecule has 0 bridgehead atoms. The Bertz CT molecular complexity index is 436. The maximum absolute atomic E-state index is 11.5. The van der Waals surface area contributed by atoms with Gasteiger partial charge in [0.25, 0.3) is 0 Å². The number of carbonyl (C=O) groups excluding carboxylic acids is 1. The number of carbonyl (C=O) groups is 1. The zero-order valence-electron chi connectivity index (χ0n) is 12.6. The van der Waals surface area contributed by atoms with E-state index in [0.717, 1.165) is 12.1 Å². The Balaban J connectivity index is 2.18. The summed E-state index contributed by atoms with van der Waals surface area (Å²) in [5.74, 6) is 0.493. The number of rotatable bonds is 8. The Labute approximate surface area is 125 Å². The van der Waals surface area contributed by atoms with E-state index in [4.69, 9.17) is 4.74 Å². The lowest BCUT2D eigenvalue weighted by atomic mass is 10.3. The van der Waals surface area contributed by atoms with Crippen molar-refractivity contribution >= 4 is 11.9 Å². The highest BCUT2D eigenvalue weighted by atomic mass is 16.5. The van der Waals surface area contributed by atoms with Crippen LogP contribution in [0.25, 0.3) is 0 Å². The van der Waals surface area contributed by atoms with Gasteiger partial charge in [-0.15, -0.1) is 0 Å². The van der Waals surface area contributed by atoms with Gasteiger partial charge < -0.3 is 20.7 Å². The Morgan fingerprint density at radius 1 is 1.29 bits per heavy atom. The van der Waals surface area contributed by atoms with Crippen LogP contribution >= 0.6 is 0 Å². The minimum atomic E-state index is -0.0975. The summed E-state index contributed by atoms with van der Waals surface area (Å²) in [5, 5.41) is 8.81. The molecule has 1 aromatic rings. The molecule has 1 heterocycles. The van der Waals surface area contributed by atoms with Crippen molar-refractivity contribution in [2.45, 2.75) is 6.42 Å². The molecular formula is C14H23N5O2. The maximum Gasteiger partial charge on any atom is 0.239 e. The predicted molar refractivity (Wildman–Crippen MR) is 82.2 cm³/mol. The first-order valence-electron chi connectivity index (χ1n) is 6.86. The summed E-state index contributed by atoms with van der Waals surface area (Å²) in [6, 6.07) is 5.82. The van der Waals surface area contributed by atoms with Crippen LogP contribution in [0.2, 0.25) is 0 Å². The van der Waals surface area contributed by atoms with Gasteiger partial charge in [-0.25, -0.2) is 0 Å². The molecule has 1 rings (SSSR count). The summed E-state index contributed by atoms with van der Waals surface area (Å²) < 4.78 is 4.86. The van der Waals surface area contributed by atoms with Gasteiger partial charge in [0.2, 0.25) is 5.91 Å². The molecule has 116 valence electrons. The molecule has 7 heteroatoms. The summed E-state index contributed by atoms with van der Waals surface area (Å²) in [7, 11) is 3.26. The average Bonchev–Trinajstić information content (AvgIpc) is 2.52. The van der Waals surface area contributed by atoms with E-state index in [-0.39, 0.29) is 12.5 Å². The fourth-order valence-electron chi connectivity index (χ4n) is 1.59. The lowest BCUT2D eigenvalue weighted by Crippen LogP contribution is -2.44. The van der Waals surface area contributed by atoms with E-state index in [9.17, 15) is 4.79 Å². The molecule has 0 atom stereocenters. The van der Waals surface area contributed by atoms with Gasteiger partial charge in [-0.3, -0.25) is 14.8 Å². The first-order valence-corrected chi connectivity index (χ1v) is 6.86. The predicted octanol–water partition coefficient (Wildman–Crippen LogP) is -0.448. The van der Waals surface area contributed by atoms with Crippen molar-refractivity contribution in [2.75, 3.05) is 40.4 Å². The smallest absolute Gasteiger partial charge is 0.239 e. The average molecular weight is 293 g/mol. The van der Waals surface area contributed by atoms with Crippen molar-refractivity contribution in [1.29, 1.82) is 0 Å². The highest BCUT2D eigenvalue weighted by Crippen LogP contribution is 1.92. The molecule has 0 aliphatic heterocycles. The lowest BCUT2D eigenvalue weighted by Gasteiger charge is -2.11. The van der Waals surface area contributed by atoms with E-state index >= 15 is 0 Å². The first-order chi connectivity index (χ1) is 10.3. The summed E-state index contributed by atoms with van der Waals surface area (Å²) in [6.45, 7) is 1.88. The van der Waals surface area contributed by atoms with E-state index < -0.39 is 0 Å². The fraction of sp³-hybridized carbons (Fsp3) is 0.500. The van der Waals surface area contributed by atoms with Crippen molar-refractivity contribution in [3.63, 3.8) is 0 Å². The van der Waals surface area contributed by atoms with E-state index in [2.05, 4.69) is 25.9 Å². The summed E-state index contributed by atoms with van der Waals surface area (Å²) in [6.07, 6.45) is 2.56. The molecule has 0 saturated carbocycles. The van der Waals surface area contributed by atoms with Gasteiger partial charge in [0, 0.05) is 45.6 Å². The lowest BCUT2D eigenvalue weighted by molar-refractivity contribution is -0.120. The summed E-state index contributed by atoms with van der Waals surface area (Å²) >= 11 is 0. The van der Waals surface area contributed by atoms with Gasteiger partial charge in [-0.05, 0) is 12.1 Å². The number of guanidine groups is 1. The molecule has 0 unspecified atom stereocenters. The molecule has 3 N–H and O–H groups in total. The molecule has 7 nitrogen and oxygen atoms in total. The number of methoxy groups -OCH3 is 1. The highest BCUT2D eigenvalue weighted by molar-refractivity contribution is 5.86. The topological polar surface area (TPSA) is 87.6 Å². The highest BCUT2D eigenvalue weighted by Gasteiger charge is 2.02. The van der Waals surface area contributed by atoms with E-state index in [1.165, 1.54) is 0 Å².